The number of aromatic nitrogens is 1. The summed E-state index contributed by atoms with van der Waals surface area (Å²) < 4.78 is 34.4. The van der Waals surface area contributed by atoms with E-state index < -0.39 is 11.6 Å². The Morgan fingerprint density at radius 2 is 1.84 bits per heavy atom. The van der Waals surface area contributed by atoms with Gasteiger partial charge in [-0.1, -0.05) is 12.1 Å². The highest BCUT2D eigenvalue weighted by molar-refractivity contribution is 9.10. The second-order valence-corrected chi connectivity index (χ2v) is 7.83. The Morgan fingerprint density at radius 1 is 1.16 bits per heavy atom. The number of aryl methyl sites for hydroxylation is 1. The number of rotatable bonds is 6. The van der Waals surface area contributed by atoms with Crippen molar-refractivity contribution >= 4 is 21.8 Å². The Morgan fingerprint density at radius 3 is 2.45 bits per heavy atom. The number of hydrogen-bond acceptors (Lipinski definition) is 3. The molecule has 5 nitrogen and oxygen atoms in total. The van der Waals surface area contributed by atoms with Crippen LogP contribution >= 0.6 is 15.9 Å². The number of benzene rings is 2. The maximum absolute atomic E-state index is 13.8. The molecule has 0 bridgehead atoms. The van der Waals surface area contributed by atoms with Gasteiger partial charge in [0, 0.05) is 36.0 Å². The molecule has 1 unspecified atom stereocenters. The Kier molecular flexibility index (Phi) is 6.90. The number of nitrogens with zero attached hydrogens (tertiary/aromatic N) is 1. The van der Waals surface area contributed by atoms with Crippen LogP contribution < -0.4 is 15.6 Å². The van der Waals surface area contributed by atoms with Gasteiger partial charge in [0.25, 0.3) is 11.5 Å². The molecule has 1 atom stereocenters. The van der Waals surface area contributed by atoms with Crippen molar-refractivity contribution in [3.63, 3.8) is 0 Å². The molecule has 8 heteroatoms. The minimum Gasteiger partial charge on any atom is -0.487 e. The van der Waals surface area contributed by atoms with Gasteiger partial charge in [-0.15, -0.1) is 0 Å². The Labute approximate surface area is 186 Å². The first-order chi connectivity index (χ1) is 14.7. The summed E-state index contributed by atoms with van der Waals surface area (Å²) in [5.74, 6) is -1.30. The number of pyridine rings is 1. The summed E-state index contributed by atoms with van der Waals surface area (Å²) in [6.45, 7) is 3.50. The van der Waals surface area contributed by atoms with Crippen molar-refractivity contribution in [3.8, 4) is 5.75 Å². The predicted molar refractivity (Wildman–Crippen MR) is 117 cm³/mol. The van der Waals surface area contributed by atoms with Gasteiger partial charge in [0.1, 0.15) is 28.5 Å². The van der Waals surface area contributed by atoms with Gasteiger partial charge in [0.15, 0.2) is 0 Å². The smallest absolute Gasteiger partial charge is 0.269 e. The van der Waals surface area contributed by atoms with E-state index in [1.54, 1.807) is 48.9 Å². The third-order valence-corrected chi connectivity index (χ3v) is 5.74. The zero-order valence-corrected chi connectivity index (χ0v) is 18.8. The van der Waals surface area contributed by atoms with Crippen LogP contribution in [0.2, 0.25) is 0 Å². The largest absolute Gasteiger partial charge is 0.487 e. The number of hydrogen-bond donors (Lipinski definition) is 1. The topological polar surface area (TPSA) is 60.3 Å². The lowest BCUT2D eigenvalue weighted by atomic mass is 10.0. The van der Waals surface area contributed by atoms with E-state index in [0.717, 1.165) is 17.7 Å². The first kappa shape index (κ1) is 22.7. The number of nitrogens with one attached hydrogen (secondary N) is 1. The van der Waals surface area contributed by atoms with Gasteiger partial charge < -0.3 is 14.6 Å². The molecule has 0 fully saturated rings. The molecule has 162 valence electrons. The molecule has 0 aliphatic carbocycles. The summed E-state index contributed by atoms with van der Waals surface area (Å²) in [5, 5.41) is 2.57. The standard InChI is InChI=1S/C23H21BrF2N2O3/c1-13-10-20(31-12-17-8-9-18(25)11-19(17)26)21(24)23(30)28(13)14(2)15-4-6-16(7-5-15)22(29)27-3/h4-11,14H,12H2,1-3H3,(H,27,29). The summed E-state index contributed by atoms with van der Waals surface area (Å²) in [6, 6.07) is 11.6. The zero-order valence-electron chi connectivity index (χ0n) is 17.2. The molecule has 1 heterocycles. The highest BCUT2D eigenvalue weighted by Crippen LogP contribution is 2.27. The maximum Gasteiger partial charge on any atom is 0.269 e. The molecule has 0 saturated heterocycles. The molecule has 1 N–H and O–H groups in total. The Balaban J connectivity index is 1.87. The summed E-state index contributed by atoms with van der Waals surface area (Å²) in [5.41, 5.74) is 1.90. The fraction of sp³-hybridized carbons (Fsp3) is 0.217. The average Bonchev–Trinajstić information content (AvgIpc) is 2.75. The molecular weight excluding hydrogens is 470 g/mol. The van der Waals surface area contributed by atoms with Crippen molar-refractivity contribution in [1.82, 2.24) is 9.88 Å². The summed E-state index contributed by atoms with van der Waals surface area (Å²) in [4.78, 5) is 24.7. The third-order valence-electron chi connectivity index (χ3n) is 5.01. The molecule has 3 rings (SSSR count). The zero-order chi connectivity index (χ0) is 22.7. The van der Waals surface area contributed by atoms with Gasteiger partial charge in [-0.2, -0.15) is 0 Å². The second kappa shape index (κ2) is 9.43. The summed E-state index contributed by atoms with van der Waals surface area (Å²) >= 11 is 3.28. The number of carbonyl (C=O) groups excluding carboxylic acids is 1. The van der Waals surface area contributed by atoms with E-state index >= 15 is 0 Å². The molecule has 1 aromatic heterocycles. The van der Waals surface area contributed by atoms with Gasteiger partial charge in [0.2, 0.25) is 0 Å². The monoisotopic (exact) mass is 490 g/mol. The van der Waals surface area contributed by atoms with E-state index in [-0.39, 0.29) is 39.9 Å². The van der Waals surface area contributed by atoms with Crippen molar-refractivity contribution in [2.45, 2.75) is 26.5 Å². The van der Waals surface area contributed by atoms with Crippen molar-refractivity contribution in [3.05, 3.63) is 97.4 Å². The van der Waals surface area contributed by atoms with Crippen LogP contribution in [-0.2, 0) is 6.61 Å². The van der Waals surface area contributed by atoms with Crippen LogP contribution in [-0.4, -0.2) is 17.5 Å². The molecule has 2 aromatic carbocycles. The van der Waals surface area contributed by atoms with E-state index in [2.05, 4.69) is 21.2 Å². The minimum atomic E-state index is -0.713. The quantitative estimate of drug-likeness (QED) is 0.542. The van der Waals surface area contributed by atoms with Crippen LogP contribution in [0.4, 0.5) is 8.78 Å². The van der Waals surface area contributed by atoms with Crippen LogP contribution in [0.1, 0.15) is 40.1 Å². The van der Waals surface area contributed by atoms with Crippen molar-refractivity contribution in [1.29, 1.82) is 0 Å². The van der Waals surface area contributed by atoms with Crippen LogP contribution in [0.25, 0.3) is 0 Å². The third kappa shape index (κ3) is 4.85. The molecular formula is C23H21BrF2N2O3. The lowest BCUT2D eigenvalue weighted by Gasteiger charge is -2.21. The lowest BCUT2D eigenvalue weighted by molar-refractivity contribution is 0.0963. The van der Waals surface area contributed by atoms with Gasteiger partial charge in [0.05, 0.1) is 6.04 Å². The lowest BCUT2D eigenvalue weighted by Crippen LogP contribution is -2.27. The number of ether oxygens (including phenoxy) is 1. The fourth-order valence-electron chi connectivity index (χ4n) is 3.28. The summed E-state index contributed by atoms with van der Waals surface area (Å²) in [6.07, 6.45) is 0. The first-order valence-electron chi connectivity index (χ1n) is 9.53. The molecule has 1 amide bonds. The summed E-state index contributed by atoms with van der Waals surface area (Å²) in [7, 11) is 1.56. The van der Waals surface area contributed by atoms with Crippen molar-refractivity contribution in [2.24, 2.45) is 0 Å². The second-order valence-electron chi connectivity index (χ2n) is 7.04. The van der Waals surface area contributed by atoms with E-state index in [0.29, 0.717) is 11.3 Å². The molecule has 0 spiro atoms. The average molecular weight is 491 g/mol. The van der Waals surface area contributed by atoms with Crippen LogP contribution in [0.15, 0.2) is 57.8 Å². The molecule has 0 saturated carbocycles. The van der Waals surface area contributed by atoms with Crippen molar-refractivity contribution < 1.29 is 18.3 Å². The molecule has 0 aliphatic rings. The Bertz CT molecular complexity index is 1180. The highest BCUT2D eigenvalue weighted by Gasteiger charge is 2.18. The fourth-order valence-corrected chi connectivity index (χ4v) is 3.70. The van der Waals surface area contributed by atoms with Gasteiger partial charge in [-0.3, -0.25) is 9.59 Å². The SMILES string of the molecule is CNC(=O)c1ccc(C(C)n2c(C)cc(OCc3ccc(F)cc3F)c(Br)c2=O)cc1. The number of amides is 1. The number of halogens is 3. The maximum atomic E-state index is 13.8. The van der Waals surface area contributed by atoms with Crippen LogP contribution in [0, 0.1) is 18.6 Å². The van der Waals surface area contributed by atoms with Crippen molar-refractivity contribution in [2.75, 3.05) is 7.05 Å². The molecule has 0 radical (unpaired) electrons. The molecule has 3 aromatic rings. The first-order valence-corrected chi connectivity index (χ1v) is 10.3. The van der Waals surface area contributed by atoms with Gasteiger partial charge in [-0.05, 0) is 59.6 Å². The molecule has 0 aliphatic heterocycles. The highest BCUT2D eigenvalue weighted by atomic mass is 79.9. The van der Waals surface area contributed by atoms with E-state index in [1.165, 1.54) is 6.07 Å². The van der Waals surface area contributed by atoms with Gasteiger partial charge >= 0.3 is 0 Å². The van der Waals surface area contributed by atoms with E-state index in [9.17, 15) is 18.4 Å². The van der Waals surface area contributed by atoms with Gasteiger partial charge in [-0.25, -0.2) is 8.78 Å². The van der Waals surface area contributed by atoms with E-state index in [4.69, 9.17) is 4.74 Å². The van der Waals surface area contributed by atoms with Crippen LogP contribution in [0.3, 0.4) is 0 Å². The van der Waals surface area contributed by atoms with E-state index in [1.807, 2.05) is 6.92 Å². The minimum absolute atomic E-state index is 0.149. The number of carbonyl (C=O) groups is 1. The predicted octanol–water partition coefficient (Wildman–Crippen LogP) is 4.75. The normalized spacial score (nSPS) is 11.8. The van der Waals surface area contributed by atoms with Crippen LogP contribution in [0.5, 0.6) is 5.75 Å². The molecule has 31 heavy (non-hydrogen) atoms. The Hall–Kier alpha value is -3.00.